The molecule has 0 aromatic heterocycles. The molecule has 0 unspecified atom stereocenters. The fourth-order valence-electron chi connectivity index (χ4n) is 1.64. The number of halogens is 2. The van der Waals surface area contributed by atoms with Crippen molar-refractivity contribution >= 4 is 23.4 Å². The third-order valence-corrected chi connectivity index (χ3v) is 3.28. The van der Waals surface area contributed by atoms with Crippen molar-refractivity contribution in [2.24, 2.45) is 5.73 Å². The normalized spacial score (nSPS) is 16.8. The molecule has 1 aliphatic heterocycles. The molecule has 1 heterocycles. The zero-order valence-electron chi connectivity index (χ0n) is 10.7. The fourth-order valence-corrected chi connectivity index (χ4v) is 2.13. The van der Waals surface area contributed by atoms with Crippen LogP contribution in [0.1, 0.15) is 6.42 Å². The van der Waals surface area contributed by atoms with Gasteiger partial charge in [0.05, 0.1) is 6.04 Å². The van der Waals surface area contributed by atoms with Crippen molar-refractivity contribution in [2.45, 2.75) is 18.8 Å². The van der Waals surface area contributed by atoms with E-state index in [0.717, 1.165) is 5.75 Å². The van der Waals surface area contributed by atoms with Crippen LogP contribution in [-0.4, -0.2) is 30.3 Å². The maximum atomic E-state index is 12.8. The van der Waals surface area contributed by atoms with Gasteiger partial charge in [-0.15, -0.1) is 8.78 Å². The standard InChI is InChI=1S/C12H14F2N2O3S/c1-20-5-4-8(15)11(17)16-7-2-3-9-10(6-7)19-12(13,14)18-9/h2-3,6,8H,4-5,15H2,1H3,(H,16,17)/t8-/m1/s1. The highest BCUT2D eigenvalue weighted by Crippen LogP contribution is 2.42. The van der Waals surface area contributed by atoms with Gasteiger partial charge < -0.3 is 20.5 Å². The van der Waals surface area contributed by atoms with Gasteiger partial charge >= 0.3 is 6.29 Å². The number of amides is 1. The summed E-state index contributed by atoms with van der Waals surface area (Å²) in [6.45, 7) is 0. The number of nitrogens with two attached hydrogens (primary N) is 1. The molecule has 3 N–H and O–H groups in total. The Bertz CT molecular complexity index is 513. The third-order valence-electron chi connectivity index (χ3n) is 2.64. The second-order valence-corrected chi connectivity index (χ2v) is 5.19. The third kappa shape index (κ3) is 3.51. The van der Waals surface area contributed by atoms with Gasteiger partial charge in [-0.2, -0.15) is 11.8 Å². The lowest BCUT2D eigenvalue weighted by Gasteiger charge is -2.11. The molecular formula is C12H14F2N2O3S. The number of carbonyl (C=O) groups is 1. The number of rotatable bonds is 5. The maximum absolute atomic E-state index is 12.8. The summed E-state index contributed by atoms with van der Waals surface area (Å²) in [5.74, 6) is 0.205. The van der Waals surface area contributed by atoms with E-state index in [-0.39, 0.29) is 17.4 Å². The molecule has 0 saturated heterocycles. The number of hydrogen-bond acceptors (Lipinski definition) is 5. The lowest BCUT2D eigenvalue weighted by Crippen LogP contribution is -2.36. The largest absolute Gasteiger partial charge is 0.586 e. The van der Waals surface area contributed by atoms with Crippen LogP contribution in [-0.2, 0) is 4.79 Å². The first-order valence-electron chi connectivity index (χ1n) is 5.86. The number of carbonyl (C=O) groups excluding carboxylic acids is 1. The molecule has 20 heavy (non-hydrogen) atoms. The molecule has 1 amide bonds. The number of ether oxygens (including phenoxy) is 2. The van der Waals surface area contributed by atoms with E-state index in [4.69, 9.17) is 5.73 Å². The van der Waals surface area contributed by atoms with E-state index < -0.39 is 12.3 Å². The number of alkyl halides is 2. The van der Waals surface area contributed by atoms with E-state index in [1.165, 1.54) is 18.2 Å². The van der Waals surface area contributed by atoms with E-state index >= 15 is 0 Å². The van der Waals surface area contributed by atoms with E-state index in [1.807, 2.05) is 6.26 Å². The first kappa shape index (κ1) is 14.9. The summed E-state index contributed by atoms with van der Waals surface area (Å²) in [6.07, 6.45) is -1.21. The summed E-state index contributed by atoms with van der Waals surface area (Å²) in [7, 11) is 0. The van der Waals surface area contributed by atoms with Crippen molar-refractivity contribution in [3.05, 3.63) is 18.2 Å². The SMILES string of the molecule is CSCC[C@@H](N)C(=O)Nc1ccc2c(c1)OC(F)(F)O2. The highest BCUT2D eigenvalue weighted by Gasteiger charge is 2.43. The minimum absolute atomic E-state index is 0.0697. The van der Waals surface area contributed by atoms with Crippen LogP contribution < -0.4 is 20.5 Å². The van der Waals surface area contributed by atoms with Crippen LogP contribution in [0.25, 0.3) is 0 Å². The van der Waals surface area contributed by atoms with E-state index in [2.05, 4.69) is 14.8 Å². The Kier molecular flexibility index (Phi) is 4.34. The zero-order chi connectivity index (χ0) is 14.8. The Labute approximate surface area is 118 Å². The quantitative estimate of drug-likeness (QED) is 0.870. The van der Waals surface area contributed by atoms with Gasteiger partial charge in [0, 0.05) is 11.8 Å². The average molecular weight is 304 g/mol. The molecule has 110 valence electrons. The molecule has 5 nitrogen and oxygen atoms in total. The lowest BCUT2D eigenvalue weighted by molar-refractivity contribution is -0.286. The Hall–Kier alpha value is -1.54. The van der Waals surface area contributed by atoms with Gasteiger partial charge in [-0.3, -0.25) is 4.79 Å². The molecule has 0 spiro atoms. The number of nitrogens with one attached hydrogen (secondary N) is 1. The van der Waals surface area contributed by atoms with Crippen LogP contribution in [0.5, 0.6) is 11.5 Å². The molecule has 1 atom stereocenters. The second-order valence-electron chi connectivity index (χ2n) is 4.21. The van der Waals surface area contributed by atoms with Crippen molar-refractivity contribution in [1.82, 2.24) is 0 Å². The summed E-state index contributed by atoms with van der Waals surface area (Å²) < 4.78 is 34.2. The Balaban J connectivity index is 2.00. The van der Waals surface area contributed by atoms with Gasteiger partial charge in [0.25, 0.3) is 0 Å². The Morgan fingerprint density at radius 3 is 2.85 bits per heavy atom. The first-order chi connectivity index (χ1) is 9.41. The number of fused-ring (bicyclic) bond motifs is 1. The number of thioether (sulfide) groups is 1. The molecular weight excluding hydrogens is 290 g/mol. The minimum atomic E-state index is -3.67. The van der Waals surface area contributed by atoms with Crippen LogP contribution in [0.15, 0.2) is 18.2 Å². The monoisotopic (exact) mass is 304 g/mol. The summed E-state index contributed by atoms with van der Waals surface area (Å²) in [4.78, 5) is 11.8. The highest BCUT2D eigenvalue weighted by atomic mass is 32.2. The second kappa shape index (κ2) is 5.84. The van der Waals surface area contributed by atoms with Gasteiger partial charge in [0.15, 0.2) is 11.5 Å². The molecule has 0 saturated carbocycles. The number of benzene rings is 1. The fraction of sp³-hybridized carbons (Fsp3) is 0.417. The molecule has 1 aromatic carbocycles. The summed E-state index contributed by atoms with van der Waals surface area (Å²) in [6, 6.07) is 3.38. The molecule has 0 bridgehead atoms. The van der Waals surface area contributed by atoms with Crippen molar-refractivity contribution in [1.29, 1.82) is 0 Å². The minimum Gasteiger partial charge on any atom is -0.395 e. The van der Waals surface area contributed by atoms with Crippen molar-refractivity contribution in [3.8, 4) is 11.5 Å². The van der Waals surface area contributed by atoms with Gasteiger partial charge in [0.1, 0.15) is 0 Å². The average Bonchev–Trinajstić information content (AvgIpc) is 2.68. The van der Waals surface area contributed by atoms with E-state index in [0.29, 0.717) is 12.1 Å². The zero-order valence-corrected chi connectivity index (χ0v) is 11.5. The molecule has 2 rings (SSSR count). The van der Waals surface area contributed by atoms with Crippen LogP contribution in [0.3, 0.4) is 0 Å². The number of hydrogen-bond donors (Lipinski definition) is 2. The van der Waals surface area contributed by atoms with Crippen molar-refractivity contribution in [2.75, 3.05) is 17.3 Å². The van der Waals surface area contributed by atoms with Gasteiger partial charge in [-0.1, -0.05) is 0 Å². The molecule has 1 aromatic rings. The van der Waals surface area contributed by atoms with Crippen LogP contribution in [0.4, 0.5) is 14.5 Å². The van der Waals surface area contributed by atoms with Gasteiger partial charge in [-0.25, -0.2) is 0 Å². The summed E-state index contributed by atoms with van der Waals surface area (Å²) in [5.41, 5.74) is 6.03. The van der Waals surface area contributed by atoms with Crippen molar-refractivity contribution < 1.29 is 23.0 Å². The van der Waals surface area contributed by atoms with E-state index in [1.54, 1.807) is 11.8 Å². The smallest absolute Gasteiger partial charge is 0.395 e. The Morgan fingerprint density at radius 2 is 2.15 bits per heavy atom. The van der Waals surface area contributed by atoms with Crippen LogP contribution in [0, 0.1) is 0 Å². The predicted octanol–water partition coefficient (Wildman–Crippen LogP) is 2.03. The predicted molar refractivity (Wildman–Crippen MR) is 72.2 cm³/mol. The molecule has 8 heteroatoms. The maximum Gasteiger partial charge on any atom is 0.586 e. The summed E-state index contributed by atoms with van der Waals surface area (Å²) >= 11 is 1.59. The van der Waals surface area contributed by atoms with Crippen molar-refractivity contribution in [3.63, 3.8) is 0 Å². The molecule has 0 radical (unpaired) electrons. The molecule has 1 aliphatic rings. The van der Waals surface area contributed by atoms with Gasteiger partial charge in [-0.05, 0) is 30.6 Å². The molecule has 0 aliphatic carbocycles. The number of anilines is 1. The highest BCUT2D eigenvalue weighted by molar-refractivity contribution is 7.98. The van der Waals surface area contributed by atoms with Gasteiger partial charge in [0.2, 0.25) is 5.91 Å². The first-order valence-corrected chi connectivity index (χ1v) is 7.26. The lowest BCUT2D eigenvalue weighted by atomic mass is 10.2. The Morgan fingerprint density at radius 1 is 1.45 bits per heavy atom. The van der Waals surface area contributed by atoms with E-state index in [9.17, 15) is 13.6 Å². The van der Waals surface area contributed by atoms with Crippen LogP contribution in [0.2, 0.25) is 0 Å². The van der Waals surface area contributed by atoms with Crippen LogP contribution >= 0.6 is 11.8 Å². The molecule has 0 fully saturated rings. The summed E-state index contributed by atoms with van der Waals surface area (Å²) in [5, 5.41) is 2.55. The topological polar surface area (TPSA) is 73.6 Å².